The SMILES string of the molecule is CP(=O)(O)Oc1ccc2c(c1)SN=NC2. The van der Waals surface area contributed by atoms with Crippen LogP contribution in [0.4, 0.5) is 0 Å². The molecular formula is C8H9N2O3PS. The van der Waals surface area contributed by atoms with Crippen molar-refractivity contribution in [3.63, 3.8) is 0 Å². The summed E-state index contributed by atoms with van der Waals surface area (Å²) in [6.45, 7) is 1.70. The number of hydrogen-bond acceptors (Lipinski definition) is 5. The normalized spacial score (nSPS) is 18.0. The van der Waals surface area contributed by atoms with Crippen LogP contribution in [0.25, 0.3) is 0 Å². The first-order chi connectivity index (χ1) is 7.04. The molecule has 0 bridgehead atoms. The van der Waals surface area contributed by atoms with E-state index in [4.69, 9.17) is 9.42 Å². The fraction of sp³-hybridized carbons (Fsp3) is 0.250. The second-order valence-electron chi connectivity index (χ2n) is 3.14. The first-order valence-corrected chi connectivity index (χ1v) is 7.01. The molecule has 7 heteroatoms. The van der Waals surface area contributed by atoms with Gasteiger partial charge in [-0.05, 0) is 17.7 Å². The minimum Gasteiger partial charge on any atom is -0.425 e. The summed E-state index contributed by atoms with van der Waals surface area (Å²) in [6.07, 6.45) is 0. The predicted molar refractivity (Wildman–Crippen MR) is 57.2 cm³/mol. The summed E-state index contributed by atoms with van der Waals surface area (Å²) < 4.78 is 19.7. The van der Waals surface area contributed by atoms with Gasteiger partial charge >= 0.3 is 7.60 Å². The molecule has 80 valence electrons. The number of fused-ring (bicyclic) bond motifs is 1. The Kier molecular flexibility index (Phi) is 2.82. The molecule has 1 N–H and O–H groups in total. The molecule has 0 radical (unpaired) electrons. The van der Waals surface area contributed by atoms with Crippen LogP contribution in [-0.4, -0.2) is 11.6 Å². The van der Waals surface area contributed by atoms with Gasteiger partial charge in [0.25, 0.3) is 0 Å². The van der Waals surface area contributed by atoms with E-state index >= 15 is 0 Å². The highest BCUT2D eigenvalue weighted by atomic mass is 32.2. The highest BCUT2D eigenvalue weighted by Gasteiger charge is 2.14. The number of rotatable bonds is 2. The Morgan fingerprint density at radius 1 is 1.60 bits per heavy atom. The molecule has 1 unspecified atom stereocenters. The number of hydrogen-bond donors (Lipinski definition) is 1. The molecule has 1 aromatic carbocycles. The second kappa shape index (κ2) is 3.96. The molecular weight excluding hydrogens is 235 g/mol. The Bertz CT molecular complexity index is 457. The van der Waals surface area contributed by atoms with Gasteiger partial charge in [0.1, 0.15) is 5.75 Å². The quantitative estimate of drug-likeness (QED) is 0.641. The van der Waals surface area contributed by atoms with E-state index in [2.05, 4.69) is 9.63 Å². The van der Waals surface area contributed by atoms with Gasteiger partial charge < -0.3 is 9.42 Å². The van der Waals surface area contributed by atoms with Gasteiger partial charge in [-0.2, -0.15) is 5.11 Å². The van der Waals surface area contributed by atoms with Gasteiger partial charge in [0.05, 0.1) is 6.54 Å². The maximum atomic E-state index is 11.0. The van der Waals surface area contributed by atoms with Crippen molar-refractivity contribution < 1.29 is 14.0 Å². The Hall–Kier alpha value is -0.840. The zero-order chi connectivity index (χ0) is 10.9. The van der Waals surface area contributed by atoms with Crippen LogP contribution in [0.3, 0.4) is 0 Å². The molecule has 1 heterocycles. The fourth-order valence-electron chi connectivity index (χ4n) is 1.18. The smallest absolute Gasteiger partial charge is 0.373 e. The average Bonchev–Trinajstić information content (AvgIpc) is 2.15. The lowest BCUT2D eigenvalue weighted by molar-refractivity contribution is 0.387. The fourth-order valence-corrected chi connectivity index (χ4v) is 2.31. The van der Waals surface area contributed by atoms with Gasteiger partial charge in [-0.15, -0.1) is 4.52 Å². The highest BCUT2D eigenvalue weighted by Crippen LogP contribution is 2.40. The summed E-state index contributed by atoms with van der Waals surface area (Å²) in [4.78, 5) is 9.97. The van der Waals surface area contributed by atoms with Crippen molar-refractivity contribution in [3.05, 3.63) is 23.8 Å². The maximum absolute atomic E-state index is 11.0. The molecule has 0 saturated heterocycles. The minimum atomic E-state index is -3.49. The van der Waals surface area contributed by atoms with Crippen LogP contribution in [0.1, 0.15) is 5.56 Å². The van der Waals surface area contributed by atoms with Crippen LogP contribution in [0, 0.1) is 0 Å². The van der Waals surface area contributed by atoms with Crippen LogP contribution in [0.2, 0.25) is 0 Å². The third kappa shape index (κ3) is 2.81. The first kappa shape index (κ1) is 10.7. The minimum absolute atomic E-state index is 0.381. The molecule has 0 spiro atoms. The van der Waals surface area contributed by atoms with Crippen molar-refractivity contribution in [1.82, 2.24) is 0 Å². The van der Waals surface area contributed by atoms with E-state index in [1.807, 2.05) is 6.07 Å². The molecule has 0 aromatic heterocycles. The molecule has 0 aliphatic carbocycles. The van der Waals surface area contributed by atoms with Crippen molar-refractivity contribution in [2.75, 3.05) is 6.66 Å². The zero-order valence-corrected chi connectivity index (χ0v) is 9.66. The van der Waals surface area contributed by atoms with Gasteiger partial charge in [-0.25, -0.2) is 4.57 Å². The highest BCUT2D eigenvalue weighted by molar-refractivity contribution is 7.98. The number of nitrogens with zero attached hydrogens (tertiary/aromatic N) is 2. The van der Waals surface area contributed by atoms with Crippen molar-refractivity contribution in [2.45, 2.75) is 11.4 Å². The molecule has 0 saturated carbocycles. The second-order valence-corrected chi connectivity index (χ2v) is 5.71. The average molecular weight is 244 g/mol. The third-order valence-electron chi connectivity index (χ3n) is 1.75. The van der Waals surface area contributed by atoms with Gasteiger partial charge in [0, 0.05) is 23.5 Å². The summed E-state index contributed by atoms with van der Waals surface area (Å²) in [7, 11) is -3.49. The van der Waals surface area contributed by atoms with Crippen molar-refractivity contribution >= 4 is 19.5 Å². The Balaban J connectivity index is 2.26. The molecule has 5 nitrogen and oxygen atoms in total. The van der Waals surface area contributed by atoms with E-state index in [-0.39, 0.29) is 0 Å². The summed E-state index contributed by atoms with van der Waals surface area (Å²) in [5, 5.41) is 3.87. The van der Waals surface area contributed by atoms with Crippen LogP contribution < -0.4 is 4.52 Å². The van der Waals surface area contributed by atoms with Crippen LogP contribution >= 0.6 is 19.5 Å². The van der Waals surface area contributed by atoms with E-state index < -0.39 is 7.60 Å². The van der Waals surface area contributed by atoms with Gasteiger partial charge in [-0.3, -0.25) is 0 Å². The Morgan fingerprint density at radius 3 is 3.13 bits per heavy atom. The lowest BCUT2D eigenvalue weighted by Gasteiger charge is -2.12. The molecule has 1 atom stereocenters. The lowest BCUT2D eigenvalue weighted by Crippen LogP contribution is -1.93. The lowest BCUT2D eigenvalue weighted by atomic mass is 10.2. The van der Waals surface area contributed by atoms with Crippen molar-refractivity contribution in [3.8, 4) is 5.75 Å². The van der Waals surface area contributed by atoms with E-state index in [1.165, 1.54) is 11.9 Å². The summed E-state index contributed by atoms with van der Waals surface area (Å²) in [5.74, 6) is 0.381. The Morgan fingerprint density at radius 2 is 2.40 bits per heavy atom. The van der Waals surface area contributed by atoms with Crippen LogP contribution in [0.15, 0.2) is 32.7 Å². The molecule has 0 amide bonds. The van der Waals surface area contributed by atoms with Gasteiger partial charge in [0.15, 0.2) is 0 Å². The molecule has 1 aliphatic rings. The standard InChI is InChI=1S/C8H9N2O3PS/c1-14(11,12)13-7-3-2-6-5-9-10-15-8(6)4-7/h2-4H,5H2,1H3,(H,11,12). The molecule has 1 aliphatic heterocycles. The monoisotopic (exact) mass is 244 g/mol. The molecule has 2 rings (SSSR count). The molecule has 1 aromatic rings. The van der Waals surface area contributed by atoms with Crippen molar-refractivity contribution in [1.29, 1.82) is 0 Å². The van der Waals surface area contributed by atoms with E-state index in [1.54, 1.807) is 12.1 Å². The summed E-state index contributed by atoms with van der Waals surface area (Å²) in [5.41, 5.74) is 1.05. The molecule has 15 heavy (non-hydrogen) atoms. The van der Waals surface area contributed by atoms with E-state index in [9.17, 15) is 4.57 Å². The zero-order valence-electron chi connectivity index (χ0n) is 7.95. The largest absolute Gasteiger partial charge is 0.425 e. The van der Waals surface area contributed by atoms with E-state index in [0.29, 0.717) is 12.3 Å². The summed E-state index contributed by atoms with van der Waals surface area (Å²) in [6, 6.07) is 5.18. The van der Waals surface area contributed by atoms with Crippen LogP contribution in [-0.2, 0) is 11.1 Å². The first-order valence-electron chi connectivity index (χ1n) is 4.21. The Labute approximate surface area is 91.2 Å². The predicted octanol–water partition coefficient (Wildman–Crippen LogP) is 2.85. The van der Waals surface area contributed by atoms with Gasteiger partial charge in [0.2, 0.25) is 0 Å². The molecule has 0 fully saturated rings. The summed E-state index contributed by atoms with van der Waals surface area (Å²) >= 11 is 1.24. The van der Waals surface area contributed by atoms with Gasteiger partial charge in [-0.1, -0.05) is 6.07 Å². The maximum Gasteiger partial charge on any atom is 0.373 e. The van der Waals surface area contributed by atoms with E-state index in [0.717, 1.165) is 17.1 Å². The topological polar surface area (TPSA) is 71.2 Å². The van der Waals surface area contributed by atoms with Crippen molar-refractivity contribution in [2.24, 2.45) is 9.63 Å². The number of benzene rings is 1. The third-order valence-corrected chi connectivity index (χ3v) is 3.07. The van der Waals surface area contributed by atoms with Crippen LogP contribution in [0.5, 0.6) is 5.75 Å².